The molecule has 1 aliphatic carbocycles. The summed E-state index contributed by atoms with van der Waals surface area (Å²) in [6.45, 7) is 6.17. The normalized spacial score (nSPS) is 21.2. The molecule has 0 spiro atoms. The average molecular weight is 343 g/mol. The lowest BCUT2D eigenvalue weighted by Crippen LogP contribution is -2.25. The quantitative estimate of drug-likeness (QED) is 0.834. The van der Waals surface area contributed by atoms with E-state index in [0.29, 0.717) is 12.0 Å². The summed E-state index contributed by atoms with van der Waals surface area (Å²) in [5.41, 5.74) is 2.78. The predicted molar refractivity (Wildman–Crippen MR) is 95.1 cm³/mol. The van der Waals surface area contributed by atoms with Gasteiger partial charge >= 0.3 is 0 Å². The zero-order chi connectivity index (χ0) is 17.4. The highest BCUT2D eigenvalue weighted by Crippen LogP contribution is 2.34. The van der Waals surface area contributed by atoms with Crippen LogP contribution >= 0.6 is 0 Å². The molecule has 0 aromatic carbocycles. The van der Waals surface area contributed by atoms with E-state index in [9.17, 15) is 0 Å². The third-order valence-corrected chi connectivity index (χ3v) is 5.51. The van der Waals surface area contributed by atoms with Crippen LogP contribution in [0.4, 0.5) is 0 Å². The highest BCUT2D eigenvalue weighted by Gasteiger charge is 2.32. The highest BCUT2D eigenvalue weighted by atomic mass is 16.5. The molecule has 1 unspecified atom stereocenters. The van der Waals surface area contributed by atoms with E-state index in [2.05, 4.69) is 40.5 Å². The van der Waals surface area contributed by atoms with Crippen molar-refractivity contribution >= 4 is 0 Å². The van der Waals surface area contributed by atoms with Crippen molar-refractivity contribution in [2.24, 2.45) is 13.0 Å². The van der Waals surface area contributed by atoms with Gasteiger partial charge in [0, 0.05) is 19.2 Å². The van der Waals surface area contributed by atoms with Crippen LogP contribution < -0.4 is 0 Å². The lowest BCUT2D eigenvalue weighted by Gasteiger charge is -2.22. The van der Waals surface area contributed by atoms with E-state index in [4.69, 9.17) is 9.51 Å². The largest absolute Gasteiger partial charge is 0.339 e. The molecule has 2 aromatic rings. The molecule has 0 bridgehead atoms. The number of imidazole rings is 1. The van der Waals surface area contributed by atoms with Crippen LogP contribution in [0.3, 0.4) is 0 Å². The van der Waals surface area contributed by atoms with Crippen molar-refractivity contribution in [2.45, 2.75) is 71.4 Å². The molecule has 1 saturated heterocycles. The van der Waals surface area contributed by atoms with Gasteiger partial charge < -0.3 is 9.09 Å². The molecule has 6 heteroatoms. The first-order valence-corrected chi connectivity index (χ1v) is 9.71. The molecule has 136 valence electrons. The summed E-state index contributed by atoms with van der Waals surface area (Å²) in [7, 11) is 2.19. The number of rotatable bonds is 5. The number of likely N-dealkylation sites (tertiary alicyclic amines) is 1. The Morgan fingerprint density at radius 3 is 2.80 bits per heavy atom. The zero-order valence-electron chi connectivity index (χ0n) is 15.7. The summed E-state index contributed by atoms with van der Waals surface area (Å²) in [5, 5.41) is 4.19. The van der Waals surface area contributed by atoms with Crippen LogP contribution in [0.5, 0.6) is 0 Å². The molecular formula is C19H29N5O. The molecule has 4 rings (SSSR count). The average Bonchev–Trinajstić information content (AvgIpc) is 3.28. The summed E-state index contributed by atoms with van der Waals surface area (Å²) in [4.78, 5) is 12.1. The monoisotopic (exact) mass is 343 g/mol. The minimum atomic E-state index is 0.377. The molecule has 0 saturated carbocycles. The third kappa shape index (κ3) is 3.36. The molecule has 2 aromatic heterocycles. The molecule has 0 amide bonds. The van der Waals surface area contributed by atoms with Crippen molar-refractivity contribution in [3.63, 3.8) is 0 Å². The SMILES string of the molecule is CC(C)Cc1nc(CN2CCCC2c2nc3c(n2C)CCCC3)no1. The lowest BCUT2D eigenvalue weighted by molar-refractivity contribution is 0.226. The summed E-state index contributed by atoms with van der Waals surface area (Å²) >= 11 is 0. The van der Waals surface area contributed by atoms with Gasteiger partial charge in [-0.1, -0.05) is 19.0 Å². The van der Waals surface area contributed by atoms with Gasteiger partial charge in [0.25, 0.3) is 0 Å². The van der Waals surface area contributed by atoms with Gasteiger partial charge in [-0.25, -0.2) is 4.98 Å². The standard InChI is InChI=1S/C19H29N5O/c1-13(2)11-18-21-17(22-25-18)12-24-10-6-9-16(24)19-20-14-7-4-5-8-15(14)23(19)3/h13,16H,4-12H2,1-3H3. The van der Waals surface area contributed by atoms with E-state index in [1.54, 1.807) is 0 Å². The van der Waals surface area contributed by atoms with Gasteiger partial charge in [-0.05, 0) is 51.0 Å². The fraction of sp³-hybridized carbons (Fsp3) is 0.737. The first-order chi connectivity index (χ1) is 12.1. The molecular weight excluding hydrogens is 314 g/mol. The third-order valence-electron chi connectivity index (χ3n) is 5.51. The molecule has 1 aliphatic heterocycles. The van der Waals surface area contributed by atoms with Gasteiger partial charge in [-0.3, -0.25) is 4.90 Å². The first kappa shape index (κ1) is 16.8. The Morgan fingerprint density at radius 2 is 2.00 bits per heavy atom. The van der Waals surface area contributed by atoms with Crippen LogP contribution in [0, 0.1) is 5.92 Å². The Hall–Kier alpha value is -1.69. The summed E-state index contributed by atoms with van der Waals surface area (Å²) in [6.07, 6.45) is 8.11. The number of hydrogen-bond acceptors (Lipinski definition) is 5. The maximum absolute atomic E-state index is 5.41. The van der Waals surface area contributed by atoms with Crippen LogP contribution in [-0.2, 0) is 32.9 Å². The van der Waals surface area contributed by atoms with Crippen LogP contribution in [-0.4, -0.2) is 31.1 Å². The Morgan fingerprint density at radius 1 is 1.16 bits per heavy atom. The van der Waals surface area contributed by atoms with Gasteiger partial charge in [-0.2, -0.15) is 4.98 Å². The molecule has 0 N–H and O–H groups in total. The van der Waals surface area contributed by atoms with Crippen molar-refractivity contribution in [1.82, 2.24) is 24.6 Å². The van der Waals surface area contributed by atoms with Crippen molar-refractivity contribution in [3.05, 3.63) is 28.9 Å². The van der Waals surface area contributed by atoms with Crippen molar-refractivity contribution in [3.8, 4) is 0 Å². The molecule has 1 atom stereocenters. The topological polar surface area (TPSA) is 60.0 Å². The second-order valence-corrected chi connectivity index (χ2v) is 7.96. The number of aryl methyl sites for hydroxylation is 1. The molecule has 0 radical (unpaired) electrons. The summed E-state index contributed by atoms with van der Waals surface area (Å²) in [5.74, 6) is 3.33. The van der Waals surface area contributed by atoms with Gasteiger partial charge in [0.15, 0.2) is 5.82 Å². The summed E-state index contributed by atoms with van der Waals surface area (Å²) in [6, 6.07) is 0.377. The van der Waals surface area contributed by atoms with Crippen LogP contribution in [0.2, 0.25) is 0 Å². The van der Waals surface area contributed by atoms with Gasteiger partial charge in [0.2, 0.25) is 5.89 Å². The second kappa shape index (κ2) is 6.90. The predicted octanol–water partition coefficient (Wildman–Crippen LogP) is 3.22. The van der Waals surface area contributed by atoms with E-state index in [1.807, 2.05) is 0 Å². The number of nitrogens with zero attached hydrogens (tertiary/aromatic N) is 5. The first-order valence-electron chi connectivity index (χ1n) is 9.71. The lowest BCUT2D eigenvalue weighted by atomic mass is 10.0. The molecule has 1 fully saturated rings. The fourth-order valence-electron chi connectivity index (χ4n) is 4.28. The number of hydrogen-bond donors (Lipinski definition) is 0. The molecule has 3 heterocycles. The Balaban J connectivity index is 1.51. The van der Waals surface area contributed by atoms with Gasteiger partial charge in [0.05, 0.1) is 18.3 Å². The zero-order valence-corrected chi connectivity index (χ0v) is 15.7. The molecule has 2 aliphatic rings. The maximum Gasteiger partial charge on any atom is 0.226 e. The fourth-order valence-corrected chi connectivity index (χ4v) is 4.28. The summed E-state index contributed by atoms with van der Waals surface area (Å²) < 4.78 is 7.77. The number of fused-ring (bicyclic) bond motifs is 1. The highest BCUT2D eigenvalue weighted by molar-refractivity contribution is 5.22. The van der Waals surface area contributed by atoms with E-state index in [0.717, 1.165) is 37.6 Å². The van der Waals surface area contributed by atoms with Gasteiger partial charge in [0.1, 0.15) is 5.82 Å². The van der Waals surface area contributed by atoms with Crippen LogP contribution in [0.1, 0.15) is 74.5 Å². The minimum absolute atomic E-state index is 0.377. The smallest absolute Gasteiger partial charge is 0.226 e. The minimum Gasteiger partial charge on any atom is -0.339 e. The molecule has 6 nitrogen and oxygen atoms in total. The van der Waals surface area contributed by atoms with Crippen molar-refractivity contribution < 1.29 is 4.52 Å². The van der Waals surface area contributed by atoms with E-state index in [-0.39, 0.29) is 0 Å². The Labute approximate surface area is 149 Å². The van der Waals surface area contributed by atoms with Gasteiger partial charge in [-0.15, -0.1) is 0 Å². The molecule has 25 heavy (non-hydrogen) atoms. The van der Waals surface area contributed by atoms with E-state index in [1.165, 1.54) is 49.3 Å². The van der Waals surface area contributed by atoms with Crippen LogP contribution in [0.15, 0.2) is 4.52 Å². The Bertz CT molecular complexity index is 732. The van der Waals surface area contributed by atoms with E-state index >= 15 is 0 Å². The maximum atomic E-state index is 5.41. The second-order valence-electron chi connectivity index (χ2n) is 7.96. The van der Waals surface area contributed by atoms with E-state index < -0.39 is 0 Å². The Kier molecular flexibility index (Phi) is 4.63. The number of aromatic nitrogens is 4. The van der Waals surface area contributed by atoms with Crippen LogP contribution in [0.25, 0.3) is 0 Å². The van der Waals surface area contributed by atoms with Crippen molar-refractivity contribution in [1.29, 1.82) is 0 Å². The van der Waals surface area contributed by atoms with Crippen molar-refractivity contribution in [2.75, 3.05) is 6.54 Å².